The van der Waals surface area contributed by atoms with Crippen LogP contribution in [0.2, 0.25) is 10.0 Å². The minimum atomic E-state index is -0.445. The molecule has 0 fully saturated rings. The lowest BCUT2D eigenvalue weighted by Crippen LogP contribution is -2.26. The highest BCUT2D eigenvalue weighted by molar-refractivity contribution is 8.00. The number of amides is 1. The molecule has 0 aliphatic rings. The standard InChI is InChI=1S/C15H19Cl2N5OS/c1-8(12(23)19-11-7-9(16)5-6-10(11)17)24-14-21-20-13(22(14)18)15(2,3)4/h5-8H,18H2,1-4H3,(H,19,23). The SMILES string of the molecule is CC(Sc1nnc(C(C)(C)C)n1N)C(=O)Nc1cc(Cl)ccc1Cl. The Morgan fingerprint density at radius 1 is 1.33 bits per heavy atom. The number of carbonyl (C=O) groups excluding carboxylic acids is 1. The third-order valence-corrected chi connectivity index (χ3v) is 4.79. The summed E-state index contributed by atoms with van der Waals surface area (Å²) in [7, 11) is 0. The summed E-state index contributed by atoms with van der Waals surface area (Å²) < 4.78 is 1.42. The van der Waals surface area contributed by atoms with Crippen LogP contribution in [0.1, 0.15) is 33.5 Å². The van der Waals surface area contributed by atoms with E-state index in [-0.39, 0.29) is 11.3 Å². The number of nitrogen functional groups attached to an aromatic ring is 1. The van der Waals surface area contributed by atoms with Crippen molar-refractivity contribution in [3.63, 3.8) is 0 Å². The molecule has 0 radical (unpaired) electrons. The van der Waals surface area contributed by atoms with Crippen LogP contribution in [0.4, 0.5) is 5.69 Å². The van der Waals surface area contributed by atoms with E-state index in [1.54, 1.807) is 25.1 Å². The molecule has 0 saturated heterocycles. The normalized spacial score (nSPS) is 12.9. The van der Waals surface area contributed by atoms with E-state index in [9.17, 15) is 4.79 Å². The summed E-state index contributed by atoms with van der Waals surface area (Å²) in [4.78, 5) is 12.4. The predicted octanol–water partition coefficient (Wildman–Crippen LogP) is 3.72. The fraction of sp³-hybridized carbons (Fsp3) is 0.400. The second-order valence-corrected chi connectivity index (χ2v) is 8.45. The second-order valence-electron chi connectivity index (χ2n) is 6.30. The van der Waals surface area contributed by atoms with Gasteiger partial charge in [0.25, 0.3) is 0 Å². The second kappa shape index (κ2) is 7.21. The summed E-state index contributed by atoms with van der Waals surface area (Å²) in [6, 6.07) is 4.88. The van der Waals surface area contributed by atoms with Gasteiger partial charge in [-0.05, 0) is 25.1 Å². The average Bonchev–Trinajstić information content (AvgIpc) is 2.84. The van der Waals surface area contributed by atoms with E-state index in [0.717, 1.165) is 0 Å². The molecule has 1 atom stereocenters. The lowest BCUT2D eigenvalue weighted by molar-refractivity contribution is -0.115. The van der Waals surface area contributed by atoms with Crippen LogP contribution in [0.5, 0.6) is 0 Å². The molecule has 1 amide bonds. The van der Waals surface area contributed by atoms with Crippen LogP contribution in [-0.4, -0.2) is 26.0 Å². The number of rotatable bonds is 4. The molecule has 2 rings (SSSR count). The number of nitrogens with one attached hydrogen (secondary N) is 1. The van der Waals surface area contributed by atoms with Crippen LogP contribution in [0.25, 0.3) is 0 Å². The number of hydrogen-bond donors (Lipinski definition) is 2. The van der Waals surface area contributed by atoms with Crippen LogP contribution in [-0.2, 0) is 10.2 Å². The summed E-state index contributed by atoms with van der Waals surface area (Å²) in [6.45, 7) is 7.73. The molecular formula is C15H19Cl2N5OS. The van der Waals surface area contributed by atoms with Gasteiger partial charge in [0.15, 0.2) is 5.82 Å². The number of anilines is 1. The lowest BCUT2D eigenvalue weighted by Gasteiger charge is -2.17. The van der Waals surface area contributed by atoms with E-state index in [0.29, 0.717) is 26.7 Å². The monoisotopic (exact) mass is 387 g/mol. The van der Waals surface area contributed by atoms with Crippen molar-refractivity contribution in [1.29, 1.82) is 0 Å². The average molecular weight is 388 g/mol. The number of thioether (sulfide) groups is 1. The van der Waals surface area contributed by atoms with Gasteiger partial charge in [-0.1, -0.05) is 55.7 Å². The van der Waals surface area contributed by atoms with E-state index in [1.807, 2.05) is 20.8 Å². The molecule has 0 spiro atoms. The van der Waals surface area contributed by atoms with Gasteiger partial charge in [0, 0.05) is 10.4 Å². The molecule has 1 heterocycles. The molecule has 0 saturated carbocycles. The van der Waals surface area contributed by atoms with Crippen LogP contribution in [0, 0.1) is 0 Å². The molecule has 6 nitrogen and oxygen atoms in total. The van der Waals surface area contributed by atoms with E-state index < -0.39 is 5.25 Å². The Morgan fingerprint density at radius 2 is 2.00 bits per heavy atom. The summed E-state index contributed by atoms with van der Waals surface area (Å²) in [5.74, 6) is 6.45. The number of halogens is 2. The fourth-order valence-electron chi connectivity index (χ4n) is 1.91. The summed E-state index contributed by atoms with van der Waals surface area (Å²) >= 11 is 13.2. The number of benzene rings is 1. The zero-order valence-corrected chi connectivity index (χ0v) is 16.1. The van der Waals surface area contributed by atoms with Gasteiger partial charge in [0.2, 0.25) is 11.1 Å². The van der Waals surface area contributed by atoms with Gasteiger partial charge >= 0.3 is 0 Å². The first-order valence-electron chi connectivity index (χ1n) is 7.23. The molecule has 1 aromatic heterocycles. The van der Waals surface area contributed by atoms with Gasteiger partial charge < -0.3 is 11.2 Å². The fourth-order valence-corrected chi connectivity index (χ4v) is 3.02. The third kappa shape index (κ3) is 4.34. The topological polar surface area (TPSA) is 85.8 Å². The first-order valence-corrected chi connectivity index (χ1v) is 8.86. The Hall–Kier alpha value is -1.44. The van der Waals surface area contributed by atoms with Crippen molar-refractivity contribution in [1.82, 2.24) is 14.9 Å². The Labute approximate surface area is 155 Å². The van der Waals surface area contributed by atoms with Crippen molar-refractivity contribution >= 4 is 46.6 Å². The van der Waals surface area contributed by atoms with E-state index in [4.69, 9.17) is 29.0 Å². The summed E-state index contributed by atoms with van der Waals surface area (Å²) in [5, 5.41) is 11.9. The van der Waals surface area contributed by atoms with Gasteiger partial charge in [-0.2, -0.15) is 0 Å². The van der Waals surface area contributed by atoms with Crippen molar-refractivity contribution in [2.75, 3.05) is 11.2 Å². The maximum absolute atomic E-state index is 12.4. The van der Waals surface area contributed by atoms with E-state index in [1.165, 1.54) is 16.4 Å². The predicted molar refractivity (Wildman–Crippen MR) is 99.3 cm³/mol. The Kier molecular flexibility index (Phi) is 5.67. The van der Waals surface area contributed by atoms with Gasteiger partial charge in [0.05, 0.1) is 16.0 Å². The molecule has 9 heteroatoms. The number of aromatic nitrogens is 3. The van der Waals surface area contributed by atoms with Crippen molar-refractivity contribution in [2.24, 2.45) is 0 Å². The highest BCUT2D eigenvalue weighted by atomic mass is 35.5. The molecule has 2 aromatic rings. The Balaban J connectivity index is 2.10. The van der Waals surface area contributed by atoms with Crippen LogP contribution >= 0.6 is 35.0 Å². The summed E-state index contributed by atoms with van der Waals surface area (Å²) in [5.41, 5.74) is 0.228. The first-order chi connectivity index (χ1) is 11.1. The quantitative estimate of drug-likeness (QED) is 0.616. The van der Waals surface area contributed by atoms with Crippen molar-refractivity contribution in [2.45, 2.75) is 43.5 Å². The minimum Gasteiger partial charge on any atom is -0.336 e. The smallest absolute Gasteiger partial charge is 0.237 e. The maximum atomic E-state index is 12.4. The highest BCUT2D eigenvalue weighted by Crippen LogP contribution is 2.28. The van der Waals surface area contributed by atoms with Crippen molar-refractivity contribution in [3.05, 3.63) is 34.1 Å². The highest BCUT2D eigenvalue weighted by Gasteiger charge is 2.25. The molecular weight excluding hydrogens is 369 g/mol. The Morgan fingerprint density at radius 3 is 2.58 bits per heavy atom. The number of nitrogens with two attached hydrogens (primary N) is 1. The number of hydrogen-bond acceptors (Lipinski definition) is 5. The van der Waals surface area contributed by atoms with Crippen molar-refractivity contribution < 1.29 is 4.79 Å². The first kappa shape index (κ1) is 18.9. The van der Waals surface area contributed by atoms with Crippen LogP contribution in [0.15, 0.2) is 23.4 Å². The number of carbonyl (C=O) groups is 1. The molecule has 1 unspecified atom stereocenters. The lowest BCUT2D eigenvalue weighted by atomic mass is 9.96. The maximum Gasteiger partial charge on any atom is 0.237 e. The minimum absolute atomic E-state index is 0.232. The zero-order chi connectivity index (χ0) is 18.1. The molecule has 130 valence electrons. The van der Waals surface area contributed by atoms with Gasteiger partial charge in [-0.15, -0.1) is 10.2 Å². The zero-order valence-electron chi connectivity index (χ0n) is 13.8. The molecule has 0 bridgehead atoms. The summed E-state index contributed by atoms with van der Waals surface area (Å²) in [6.07, 6.45) is 0. The van der Waals surface area contributed by atoms with Crippen LogP contribution < -0.4 is 11.2 Å². The molecule has 3 N–H and O–H groups in total. The molecule has 0 aliphatic heterocycles. The van der Waals surface area contributed by atoms with E-state index >= 15 is 0 Å². The number of nitrogens with zero attached hydrogens (tertiary/aromatic N) is 3. The van der Waals surface area contributed by atoms with Crippen molar-refractivity contribution in [3.8, 4) is 0 Å². The molecule has 1 aromatic carbocycles. The van der Waals surface area contributed by atoms with Crippen LogP contribution in [0.3, 0.4) is 0 Å². The molecule has 24 heavy (non-hydrogen) atoms. The van der Waals surface area contributed by atoms with Gasteiger partial charge in [-0.3, -0.25) is 4.79 Å². The molecule has 0 aliphatic carbocycles. The largest absolute Gasteiger partial charge is 0.336 e. The third-order valence-electron chi connectivity index (χ3n) is 3.17. The Bertz CT molecular complexity index is 757. The van der Waals surface area contributed by atoms with Gasteiger partial charge in [-0.25, -0.2) is 4.68 Å². The van der Waals surface area contributed by atoms with E-state index in [2.05, 4.69) is 15.5 Å². The van der Waals surface area contributed by atoms with Gasteiger partial charge in [0.1, 0.15) is 0 Å².